The molecular formula is C12H15FN2O. The van der Waals surface area contributed by atoms with Crippen molar-refractivity contribution in [3.8, 4) is 0 Å². The van der Waals surface area contributed by atoms with E-state index in [1.807, 2.05) is 6.92 Å². The monoisotopic (exact) mass is 222 g/mol. The van der Waals surface area contributed by atoms with Gasteiger partial charge >= 0.3 is 0 Å². The Morgan fingerprint density at radius 2 is 2.38 bits per heavy atom. The Morgan fingerprint density at radius 1 is 1.56 bits per heavy atom. The third-order valence-corrected chi connectivity index (χ3v) is 2.81. The summed E-state index contributed by atoms with van der Waals surface area (Å²) in [6.45, 7) is 3.40. The zero-order valence-corrected chi connectivity index (χ0v) is 9.22. The molecule has 4 heteroatoms. The lowest BCUT2D eigenvalue weighted by Gasteiger charge is -2.11. The predicted molar refractivity (Wildman–Crippen MR) is 60.7 cm³/mol. The molecule has 1 aliphatic heterocycles. The topological polar surface area (TPSA) is 41.1 Å². The van der Waals surface area contributed by atoms with Crippen molar-refractivity contribution < 1.29 is 9.18 Å². The molecular weight excluding hydrogens is 207 g/mol. The highest BCUT2D eigenvalue weighted by molar-refractivity contribution is 5.93. The predicted octanol–water partition coefficient (Wildman–Crippen LogP) is 1.68. The number of hydrogen-bond donors (Lipinski definition) is 2. The molecule has 1 atom stereocenters. The van der Waals surface area contributed by atoms with Crippen molar-refractivity contribution in [3.05, 3.63) is 29.6 Å². The average molecular weight is 222 g/mol. The lowest BCUT2D eigenvalue weighted by atomic mass is 10.1. The van der Waals surface area contributed by atoms with E-state index in [4.69, 9.17) is 0 Å². The SMILES string of the molecule is Cc1ccc(F)c(NC(=O)C2CCNC2)c1. The first-order valence-electron chi connectivity index (χ1n) is 5.44. The zero-order chi connectivity index (χ0) is 11.5. The fraction of sp³-hybridized carbons (Fsp3) is 0.417. The number of amides is 1. The standard InChI is InChI=1S/C12H15FN2O/c1-8-2-3-10(13)11(6-8)15-12(16)9-4-5-14-7-9/h2-3,6,9,14H,4-5,7H2,1H3,(H,15,16). The van der Waals surface area contributed by atoms with E-state index in [1.54, 1.807) is 12.1 Å². The second-order valence-corrected chi connectivity index (χ2v) is 4.16. The molecule has 0 saturated carbocycles. The van der Waals surface area contributed by atoms with Crippen LogP contribution in [-0.2, 0) is 4.79 Å². The molecule has 1 aliphatic rings. The minimum absolute atomic E-state index is 0.0417. The molecule has 0 spiro atoms. The Morgan fingerprint density at radius 3 is 3.06 bits per heavy atom. The molecule has 1 fully saturated rings. The minimum atomic E-state index is -0.384. The summed E-state index contributed by atoms with van der Waals surface area (Å²) in [7, 11) is 0. The summed E-state index contributed by atoms with van der Waals surface area (Å²) in [6, 6.07) is 4.70. The molecule has 16 heavy (non-hydrogen) atoms. The Kier molecular flexibility index (Phi) is 3.19. The molecule has 0 aliphatic carbocycles. The van der Waals surface area contributed by atoms with Crippen LogP contribution in [0.4, 0.5) is 10.1 Å². The molecule has 0 bridgehead atoms. The van der Waals surface area contributed by atoms with Gasteiger partial charge in [0.1, 0.15) is 5.82 Å². The van der Waals surface area contributed by atoms with Gasteiger partial charge in [0.15, 0.2) is 0 Å². The van der Waals surface area contributed by atoms with Crippen LogP contribution in [0.3, 0.4) is 0 Å². The van der Waals surface area contributed by atoms with E-state index in [2.05, 4.69) is 10.6 Å². The molecule has 2 N–H and O–H groups in total. The van der Waals surface area contributed by atoms with Crippen molar-refractivity contribution in [2.75, 3.05) is 18.4 Å². The first kappa shape index (κ1) is 11.1. The third-order valence-electron chi connectivity index (χ3n) is 2.81. The number of aryl methyl sites for hydroxylation is 1. The number of halogens is 1. The first-order valence-corrected chi connectivity index (χ1v) is 5.44. The lowest BCUT2D eigenvalue weighted by Crippen LogP contribution is -2.25. The molecule has 0 radical (unpaired) electrons. The number of anilines is 1. The van der Waals surface area contributed by atoms with Gasteiger partial charge < -0.3 is 10.6 Å². The van der Waals surface area contributed by atoms with E-state index in [0.29, 0.717) is 6.54 Å². The maximum absolute atomic E-state index is 13.4. The van der Waals surface area contributed by atoms with Crippen LogP contribution in [0.2, 0.25) is 0 Å². The Hall–Kier alpha value is -1.42. The van der Waals surface area contributed by atoms with E-state index in [-0.39, 0.29) is 23.3 Å². The molecule has 1 saturated heterocycles. The van der Waals surface area contributed by atoms with Crippen LogP contribution in [0, 0.1) is 18.7 Å². The van der Waals surface area contributed by atoms with Gasteiger partial charge in [0, 0.05) is 6.54 Å². The Bertz CT molecular complexity index is 400. The van der Waals surface area contributed by atoms with Crippen LogP contribution < -0.4 is 10.6 Å². The number of carbonyl (C=O) groups is 1. The summed E-state index contributed by atoms with van der Waals surface area (Å²) in [4.78, 5) is 11.8. The van der Waals surface area contributed by atoms with Gasteiger partial charge in [-0.3, -0.25) is 4.79 Å². The second kappa shape index (κ2) is 4.61. The summed E-state index contributed by atoms with van der Waals surface area (Å²) in [6.07, 6.45) is 0.819. The lowest BCUT2D eigenvalue weighted by molar-refractivity contribution is -0.119. The van der Waals surface area contributed by atoms with E-state index in [1.165, 1.54) is 6.07 Å². The van der Waals surface area contributed by atoms with Gasteiger partial charge in [0.25, 0.3) is 0 Å². The normalized spacial score (nSPS) is 19.8. The number of rotatable bonds is 2. The zero-order valence-electron chi connectivity index (χ0n) is 9.22. The van der Waals surface area contributed by atoms with Gasteiger partial charge in [-0.05, 0) is 37.6 Å². The minimum Gasteiger partial charge on any atom is -0.323 e. The summed E-state index contributed by atoms with van der Waals surface area (Å²) < 4.78 is 13.4. The number of hydrogen-bond acceptors (Lipinski definition) is 2. The second-order valence-electron chi connectivity index (χ2n) is 4.16. The molecule has 1 unspecified atom stereocenters. The van der Waals surface area contributed by atoms with Crippen molar-refractivity contribution >= 4 is 11.6 Å². The van der Waals surface area contributed by atoms with Crippen LogP contribution in [0.1, 0.15) is 12.0 Å². The third kappa shape index (κ3) is 2.39. The van der Waals surface area contributed by atoms with Crippen LogP contribution in [0.15, 0.2) is 18.2 Å². The highest BCUT2D eigenvalue weighted by Gasteiger charge is 2.22. The fourth-order valence-electron chi connectivity index (χ4n) is 1.85. The maximum atomic E-state index is 13.4. The molecule has 1 aromatic carbocycles. The average Bonchev–Trinajstić information content (AvgIpc) is 2.76. The number of nitrogens with one attached hydrogen (secondary N) is 2. The van der Waals surface area contributed by atoms with E-state index in [9.17, 15) is 9.18 Å². The molecule has 3 nitrogen and oxygen atoms in total. The summed E-state index contributed by atoms with van der Waals surface area (Å²) in [5, 5.41) is 5.75. The summed E-state index contributed by atoms with van der Waals surface area (Å²) in [5.41, 5.74) is 1.21. The number of carbonyl (C=O) groups excluding carboxylic acids is 1. The van der Waals surface area contributed by atoms with E-state index >= 15 is 0 Å². The van der Waals surface area contributed by atoms with Crippen LogP contribution in [0.25, 0.3) is 0 Å². The van der Waals surface area contributed by atoms with Crippen LogP contribution >= 0.6 is 0 Å². The van der Waals surface area contributed by atoms with Crippen LogP contribution in [0.5, 0.6) is 0 Å². The number of benzene rings is 1. The highest BCUT2D eigenvalue weighted by Crippen LogP contribution is 2.18. The van der Waals surface area contributed by atoms with Crippen molar-refractivity contribution in [1.29, 1.82) is 0 Å². The Labute approximate surface area is 94.0 Å². The van der Waals surface area contributed by atoms with E-state index in [0.717, 1.165) is 18.5 Å². The van der Waals surface area contributed by atoms with Crippen molar-refractivity contribution in [2.45, 2.75) is 13.3 Å². The Balaban J connectivity index is 2.07. The summed E-state index contributed by atoms with van der Waals surface area (Å²) in [5.74, 6) is -0.528. The maximum Gasteiger partial charge on any atom is 0.228 e. The van der Waals surface area contributed by atoms with Gasteiger partial charge in [-0.2, -0.15) is 0 Å². The van der Waals surface area contributed by atoms with Crippen molar-refractivity contribution in [3.63, 3.8) is 0 Å². The van der Waals surface area contributed by atoms with Gasteiger partial charge in [-0.25, -0.2) is 4.39 Å². The highest BCUT2D eigenvalue weighted by atomic mass is 19.1. The molecule has 1 aromatic rings. The smallest absolute Gasteiger partial charge is 0.228 e. The van der Waals surface area contributed by atoms with Crippen LogP contribution in [-0.4, -0.2) is 19.0 Å². The van der Waals surface area contributed by atoms with E-state index < -0.39 is 0 Å². The molecule has 2 rings (SSSR count). The molecule has 0 aromatic heterocycles. The molecule has 1 amide bonds. The molecule has 86 valence electrons. The van der Waals surface area contributed by atoms with Gasteiger partial charge in [-0.15, -0.1) is 0 Å². The molecule has 1 heterocycles. The van der Waals surface area contributed by atoms with Gasteiger partial charge in [0.05, 0.1) is 11.6 Å². The first-order chi connectivity index (χ1) is 7.66. The van der Waals surface area contributed by atoms with Gasteiger partial charge in [0.2, 0.25) is 5.91 Å². The van der Waals surface area contributed by atoms with Crippen molar-refractivity contribution in [2.24, 2.45) is 5.92 Å². The fourth-order valence-corrected chi connectivity index (χ4v) is 1.85. The largest absolute Gasteiger partial charge is 0.323 e. The summed E-state index contributed by atoms with van der Waals surface area (Å²) >= 11 is 0. The quantitative estimate of drug-likeness (QED) is 0.799. The van der Waals surface area contributed by atoms with Crippen molar-refractivity contribution in [1.82, 2.24) is 5.32 Å². The van der Waals surface area contributed by atoms with Gasteiger partial charge in [-0.1, -0.05) is 6.07 Å².